The molecule has 5 rings (SSSR count). The fraction of sp³-hybridized carbons (Fsp3) is 0.208. The molecule has 0 radical (unpaired) electrons. The Balaban J connectivity index is 1.47. The molecule has 0 saturated heterocycles. The van der Waals surface area contributed by atoms with Crippen molar-refractivity contribution in [1.29, 1.82) is 0 Å². The molecule has 30 heavy (non-hydrogen) atoms. The highest BCUT2D eigenvalue weighted by Gasteiger charge is 2.24. The van der Waals surface area contributed by atoms with Crippen molar-refractivity contribution in [1.82, 2.24) is 9.55 Å². The number of amides is 1. The Kier molecular flexibility index (Phi) is 4.79. The highest BCUT2D eigenvalue weighted by molar-refractivity contribution is 7.99. The molecule has 2 heterocycles. The van der Waals surface area contributed by atoms with Crippen LogP contribution in [0.4, 0.5) is 5.69 Å². The van der Waals surface area contributed by atoms with Crippen molar-refractivity contribution in [2.24, 2.45) is 0 Å². The van der Waals surface area contributed by atoms with E-state index in [1.165, 1.54) is 17.3 Å². The van der Waals surface area contributed by atoms with Crippen LogP contribution in [0, 0.1) is 0 Å². The highest BCUT2D eigenvalue weighted by atomic mass is 32.2. The topological polar surface area (TPSA) is 55.2 Å². The molecule has 150 valence electrons. The first-order chi connectivity index (χ1) is 14.7. The first-order valence-electron chi connectivity index (χ1n) is 10.1. The largest absolute Gasteiger partial charge is 0.311 e. The molecule has 4 aromatic rings. The van der Waals surface area contributed by atoms with Crippen molar-refractivity contribution in [2.45, 2.75) is 25.0 Å². The lowest BCUT2D eigenvalue weighted by Gasteiger charge is -2.17. The van der Waals surface area contributed by atoms with Crippen LogP contribution in [0.25, 0.3) is 21.7 Å². The Hall–Kier alpha value is -3.12. The van der Waals surface area contributed by atoms with Crippen LogP contribution in [0.15, 0.2) is 70.6 Å². The second-order valence-corrected chi connectivity index (χ2v) is 8.32. The van der Waals surface area contributed by atoms with E-state index in [0.29, 0.717) is 29.1 Å². The maximum Gasteiger partial charge on any atom is 0.262 e. The van der Waals surface area contributed by atoms with Crippen LogP contribution in [-0.2, 0) is 17.8 Å². The van der Waals surface area contributed by atoms with Crippen LogP contribution in [-0.4, -0.2) is 27.8 Å². The van der Waals surface area contributed by atoms with Gasteiger partial charge < -0.3 is 4.90 Å². The van der Waals surface area contributed by atoms with Gasteiger partial charge >= 0.3 is 0 Å². The fourth-order valence-electron chi connectivity index (χ4n) is 4.08. The number of hydrogen-bond acceptors (Lipinski definition) is 4. The second-order valence-electron chi connectivity index (χ2n) is 7.37. The van der Waals surface area contributed by atoms with Gasteiger partial charge in [-0.05, 0) is 47.9 Å². The standard InChI is InChI=1S/C24H21N3O2S/c1-2-26-23(29)19-13-17-8-3-4-9-18(17)14-20(19)25-24(26)30-15-22(28)27-12-11-16-7-5-6-10-21(16)27/h3-10,13-14H,2,11-12,15H2,1H3. The molecule has 0 unspecified atom stereocenters. The normalized spacial score (nSPS) is 13.2. The number of thioether (sulfide) groups is 1. The number of rotatable bonds is 4. The molecular formula is C24H21N3O2S. The van der Waals surface area contributed by atoms with Crippen LogP contribution in [0.2, 0.25) is 0 Å². The van der Waals surface area contributed by atoms with Crippen LogP contribution < -0.4 is 10.5 Å². The summed E-state index contributed by atoms with van der Waals surface area (Å²) in [5.74, 6) is 0.292. The summed E-state index contributed by atoms with van der Waals surface area (Å²) in [5.41, 5.74) is 2.81. The van der Waals surface area contributed by atoms with E-state index in [2.05, 4.69) is 6.07 Å². The number of aromatic nitrogens is 2. The van der Waals surface area contributed by atoms with Gasteiger partial charge in [0.2, 0.25) is 5.91 Å². The number of fused-ring (bicyclic) bond motifs is 3. The molecule has 5 nitrogen and oxygen atoms in total. The number of carbonyl (C=O) groups excluding carboxylic acids is 1. The molecule has 0 fully saturated rings. The zero-order chi connectivity index (χ0) is 20.7. The van der Waals surface area contributed by atoms with E-state index < -0.39 is 0 Å². The van der Waals surface area contributed by atoms with E-state index >= 15 is 0 Å². The lowest BCUT2D eigenvalue weighted by atomic mass is 10.1. The molecule has 6 heteroatoms. The minimum absolute atomic E-state index is 0.0421. The molecular weight excluding hydrogens is 394 g/mol. The predicted molar refractivity (Wildman–Crippen MR) is 122 cm³/mol. The molecule has 1 aliphatic heterocycles. The summed E-state index contributed by atoms with van der Waals surface area (Å²) in [6, 6.07) is 19.8. The maximum atomic E-state index is 13.1. The third-order valence-electron chi connectivity index (χ3n) is 5.62. The van der Waals surface area contributed by atoms with E-state index in [1.54, 1.807) is 4.57 Å². The van der Waals surface area contributed by atoms with Gasteiger partial charge in [0.05, 0.1) is 16.7 Å². The summed E-state index contributed by atoms with van der Waals surface area (Å²) in [4.78, 5) is 32.6. The fourth-order valence-corrected chi connectivity index (χ4v) is 5.02. The van der Waals surface area contributed by atoms with Crippen molar-refractivity contribution >= 4 is 45.0 Å². The van der Waals surface area contributed by atoms with Gasteiger partial charge in [0.25, 0.3) is 5.56 Å². The monoisotopic (exact) mass is 415 g/mol. The molecule has 0 N–H and O–H groups in total. The molecule has 0 saturated carbocycles. The summed E-state index contributed by atoms with van der Waals surface area (Å²) in [6.45, 7) is 3.15. The molecule has 0 aliphatic carbocycles. The van der Waals surface area contributed by atoms with Gasteiger partial charge in [-0.15, -0.1) is 0 Å². The van der Waals surface area contributed by atoms with Gasteiger partial charge in [0.15, 0.2) is 5.16 Å². The molecule has 1 amide bonds. The summed E-state index contributed by atoms with van der Waals surface area (Å²) in [7, 11) is 0. The van der Waals surface area contributed by atoms with Crippen LogP contribution >= 0.6 is 11.8 Å². The number of carbonyl (C=O) groups is 1. The van der Waals surface area contributed by atoms with Crippen LogP contribution in [0.1, 0.15) is 12.5 Å². The zero-order valence-corrected chi connectivity index (χ0v) is 17.5. The maximum absolute atomic E-state index is 13.1. The van der Waals surface area contributed by atoms with Crippen molar-refractivity contribution in [3.8, 4) is 0 Å². The third-order valence-corrected chi connectivity index (χ3v) is 6.58. The smallest absolute Gasteiger partial charge is 0.262 e. The Morgan fingerprint density at radius 3 is 2.60 bits per heavy atom. The zero-order valence-electron chi connectivity index (χ0n) is 16.7. The van der Waals surface area contributed by atoms with Crippen molar-refractivity contribution in [3.63, 3.8) is 0 Å². The van der Waals surface area contributed by atoms with Gasteiger partial charge in [0, 0.05) is 18.8 Å². The molecule has 0 atom stereocenters. The third kappa shape index (κ3) is 3.17. The molecule has 3 aromatic carbocycles. The average molecular weight is 416 g/mol. The van der Waals surface area contributed by atoms with Gasteiger partial charge in [-0.2, -0.15) is 0 Å². The molecule has 1 aliphatic rings. The van der Waals surface area contributed by atoms with Crippen molar-refractivity contribution in [2.75, 3.05) is 17.2 Å². The van der Waals surface area contributed by atoms with E-state index in [4.69, 9.17) is 4.98 Å². The summed E-state index contributed by atoms with van der Waals surface area (Å²) in [5, 5.41) is 3.27. The van der Waals surface area contributed by atoms with E-state index in [1.807, 2.05) is 66.4 Å². The summed E-state index contributed by atoms with van der Waals surface area (Å²) < 4.78 is 1.66. The van der Waals surface area contributed by atoms with Crippen LogP contribution in [0.3, 0.4) is 0 Å². The Labute approximate surface area is 178 Å². The van der Waals surface area contributed by atoms with E-state index in [9.17, 15) is 9.59 Å². The van der Waals surface area contributed by atoms with Gasteiger partial charge in [0.1, 0.15) is 0 Å². The number of hydrogen-bond donors (Lipinski definition) is 0. The number of anilines is 1. The lowest BCUT2D eigenvalue weighted by molar-refractivity contribution is -0.116. The van der Waals surface area contributed by atoms with Crippen molar-refractivity contribution < 1.29 is 4.79 Å². The van der Waals surface area contributed by atoms with Crippen LogP contribution in [0.5, 0.6) is 0 Å². The molecule has 0 spiro atoms. The Morgan fingerprint density at radius 2 is 1.80 bits per heavy atom. The Bertz CT molecular complexity index is 1350. The molecule has 1 aromatic heterocycles. The van der Waals surface area contributed by atoms with Gasteiger partial charge in [-0.25, -0.2) is 4.98 Å². The number of para-hydroxylation sites is 1. The van der Waals surface area contributed by atoms with Crippen molar-refractivity contribution in [3.05, 3.63) is 76.6 Å². The molecule has 0 bridgehead atoms. The quantitative estimate of drug-likeness (QED) is 0.284. The lowest BCUT2D eigenvalue weighted by Crippen LogP contribution is -2.31. The summed E-state index contributed by atoms with van der Waals surface area (Å²) >= 11 is 1.34. The van der Waals surface area contributed by atoms with E-state index in [0.717, 1.165) is 22.9 Å². The SMILES string of the molecule is CCn1c(SCC(=O)N2CCc3ccccc32)nc2cc3ccccc3cc2c1=O. The predicted octanol–water partition coefficient (Wildman–Crippen LogP) is 4.25. The highest BCUT2D eigenvalue weighted by Crippen LogP contribution is 2.29. The van der Waals surface area contributed by atoms with E-state index in [-0.39, 0.29) is 17.2 Å². The minimum atomic E-state index is -0.0604. The average Bonchev–Trinajstić information content (AvgIpc) is 3.21. The first kappa shape index (κ1) is 18.9. The summed E-state index contributed by atoms with van der Waals surface area (Å²) in [6.07, 6.45) is 0.882. The van der Waals surface area contributed by atoms with Gasteiger partial charge in [-0.1, -0.05) is 54.2 Å². The van der Waals surface area contributed by atoms with Gasteiger partial charge in [-0.3, -0.25) is 14.2 Å². The number of benzene rings is 3. The first-order valence-corrected chi connectivity index (χ1v) is 11.1. The number of nitrogens with zero attached hydrogens (tertiary/aromatic N) is 3. The minimum Gasteiger partial charge on any atom is -0.311 e. The second kappa shape index (κ2) is 7.61. The Morgan fingerprint density at radius 1 is 1.07 bits per heavy atom.